The summed E-state index contributed by atoms with van der Waals surface area (Å²) in [6, 6.07) is 16.4. The van der Waals surface area contributed by atoms with Crippen LogP contribution in [0.4, 0.5) is 28.8 Å². The molecule has 0 saturated carbocycles. The Bertz CT molecular complexity index is 2710. The summed E-state index contributed by atoms with van der Waals surface area (Å²) in [6.07, 6.45) is 5.74. The third-order valence-corrected chi connectivity index (χ3v) is 16.4. The lowest BCUT2D eigenvalue weighted by molar-refractivity contribution is -0.136. The van der Waals surface area contributed by atoms with Gasteiger partial charge in [0.1, 0.15) is 16.8 Å². The second-order valence-corrected chi connectivity index (χ2v) is 21.8. The first-order chi connectivity index (χ1) is 32.0. The maximum absolute atomic E-state index is 13.4. The molecule has 5 aliphatic rings. The molecule has 67 heavy (non-hydrogen) atoms. The number of likely N-dealkylation sites (tertiary alicyclic amines) is 2. The number of hydrogen-bond donors (Lipinski definition) is 3. The van der Waals surface area contributed by atoms with Gasteiger partial charge >= 0.3 is 0 Å². The molecular weight excluding hydrogens is 894 g/mol. The average molecular weight is 953 g/mol. The third-order valence-electron chi connectivity index (χ3n) is 13.9. The Kier molecular flexibility index (Phi) is 13.1. The van der Waals surface area contributed by atoms with Gasteiger partial charge in [0.25, 0.3) is 11.8 Å². The van der Waals surface area contributed by atoms with Gasteiger partial charge in [0.2, 0.25) is 17.8 Å². The van der Waals surface area contributed by atoms with Crippen LogP contribution in [0.2, 0.25) is 5.02 Å². The molecule has 1 atom stereocenters. The molecule has 16 nitrogen and oxygen atoms in total. The summed E-state index contributed by atoms with van der Waals surface area (Å²) in [5, 5.41) is 8.37. The van der Waals surface area contributed by atoms with Crippen molar-refractivity contribution < 1.29 is 32.3 Å². The van der Waals surface area contributed by atoms with Gasteiger partial charge in [-0.25, -0.2) is 13.4 Å². The van der Waals surface area contributed by atoms with Crippen LogP contribution in [0.1, 0.15) is 104 Å². The quantitative estimate of drug-likeness (QED) is 0.118. The Morgan fingerprint density at radius 1 is 0.806 bits per heavy atom. The Morgan fingerprint density at radius 3 is 2.22 bits per heavy atom. The molecule has 4 fully saturated rings. The van der Waals surface area contributed by atoms with E-state index in [9.17, 15) is 27.6 Å². The van der Waals surface area contributed by atoms with E-state index in [0.29, 0.717) is 40.6 Å². The molecule has 3 aromatic carbocycles. The van der Waals surface area contributed by atoms with E-state index in [-0.39, 0.29) is 40.6 Å². The standard InChI is InChI=1S/C49H58ClN9O7S/c1-28(2)66-42-24-36(30(5)22-40(42)53-49-51-25-38(50)45(55-49)52-39-8-6-7-9-43(39)67(64,65)29(3)4)31-14-18-57(19-15-31)34-26-58(27-34)32-16-20-56(21-17-32)33-10-11-35-37(23-33)48(63)59(47(35)62)41-12-13-44(60)54-46(41)61/h6-11,22-25,28-29,31-32,34,41H,12-21,26-27H2,1-5H3,(H,54,60,61)(H2,51,52,53,55). The van der Waals surface area contributed by atoms with Crippen molar-refractivity contribution in [1.29, 1.82) is 0 Å². The fourth-order valence-electron chi connectivity index (χ4n) is 10.2. The first kappa shape index (κ1) is 46.5. The Balaban J connectivity index is 0.782. The minimum absolute atomic E-state index is 0.0777. The van der Waals surface area contributed by atoms with Crippen LogP contribution in [0.25, 0.3) is 0 Å². The van der Waals surface area contributed by atoms with Crippen molar-refractivity contribution in [3.8, 4) is 5.75 Å². The summed E-state index contributed by atoms with van der Waals surface area (Å²) < 4.78 is 32.6. The number of piperidine rings is 3. The van der Waals surface area contributed by atoms with Crippen molar-refractivity contribution in [2.24, 2.45) is 0 Å². The number of benzene rings is 3. The van der Waals surface area contributed by atoms with Crippen LogP contribution in [-0.4, -0.2) is 125 Å². The lowest BCUT2D eigenvalue weighted by atomic mass is 9.85. The van der Waals surface area contributed by atoms with Crippen molar-refractivity contribution in [3.05, 3.63) is 88.1 Å². The molecule has 1 aromatic heterocycles. The van der Waals surface area contributed by atoms with Crippen molar-refractivity contribution in [2.45, 2.75) is 113 Å². The number of carbonyl (C=O) groups excluding carboxylic acids is 4. The normalized spacial score (nSPS) is 20.4. The maximum atomic E-state index is 13.4. The molecule has 4 saturated heterocycles. The molecule has 3 N–H and O–H groups in total. The van der Waals surface area contributed by atoms with Crippen molar-refractivity contribution >= 4 is 73.9 Å². The number of aryl methyl sites for hydroxylation is 1. The predicted molar refractivity (Wildman–Crippen MR) is 257 cm³/mol. The van der Waals surface area contributed by atoms with E-state index >= 15 is 0 Å². The third kappa shape index (κ3) is 9.35. The van der Waals surface area contributed by atoms with E-state index < -0.39 is 44.8 Å². The number of ether oxygens (including phenoxy) is 1. The first-order valence-corrected chi connectivity index (χ1v) is 25.3. The lowest BCUT2D eigenvalue weighted by Gasteiger charge is -2.52. The SMILES string of the molecule is Cc1cc(Nc2ncc(Cl)c(Nc3ccccc3S(=O)(=O)C(C)C)n2)c(OC(C)C)cc1C1CCN(C2CN(C3CCN(c4ccc5c(c4)C(=O)N(C4CCC(=O)NC4=O)C5=O)CC3)C2)CC1. The summed E-state index contributed by atoms with van der Waals surface area (Å²) in [7, 11) is -3.58. The highest BCUT2D eigenvalue weighted by Crippen LogP contribution is 2.40. The fourth-order valence-corrected chi connectivity index (χ4v) is 11.5. The summed E-state index contributed by atoms with van der Waals surface area (Å²) in [4.78, 5) is 68.6. The van der Waals surface area contributed by atoms with Gasteiger partial charge in [0, 0.05) is 50.4 Å². The summed E-state index contributed by atoms with van der Waals surface area (Å²) in [5.41, 5.74) is 5.03. The summed E-state index contributed by atoms with van der Waals surface area (Å²) in [5.74, 6) is -0.323. The number of halogens is 1. The Morgan fingerprint density at radius 2 is 1.52 bits per heavy atom. The van der Waals surface area contributed by atoms with Gasteiger partial charge < -0.3 is 20.3 Å². The number of sulfone groups is 1. The van der Waals surface area contributed by atoms with Crippen molar-refractivity contribution in [1.82, 2.24) is 30.0 Å². The monoisotopic (exact) mass is 951 g/mol. The number of aromatic nitrogens is 2. The van der Waals surface area contributed by atoms with Gasteiger partial charge in [-0.1, -0.05) is 23.7 Å². The summed E-state index contributed by atoms with van der Waals surface area (Å²) in [6.45, 7) is 15.3. The van der Waals surface area contributed by atoms with Crippen LogP contribution >= 0.6 is 11.6 Å². The minimum atomic E-state index is -3.58. The van der Waals surface area contributed by atoms with E-state index in [1.165, 1.54) is 11.8 Å². The first-order valence-electron chi connectivity index (χ1n) is 23.3. The molecule has 0 bridgehead atoms. The maximum Gasteiger partial charge on any atom is 0.262 e. The molecule has 6 heterocycles. The Labute approximate surface area is 396 Å². The Hall–Kier alpha value is -5.62. The highest BCUT2D eigenvalue weighted by Gasteiger charge is 2.45. The highest BCUT2D eigenvalue weighted by atomic mass is 35.5. The van der Waals surface area contributed by atoms with E-state index in [2.05, 4.69) is 59.7 Å². The molecule has 0 spiro atoms. The number of nitrogens with zero attached hydrogens (tertiary/aromatic N) is 6. The van der Waals surface area contributed by atoms with Crippen molar-refractivity contribution in [2.75, 3.05) is 54.8 Å². The molecule has 4 amide bonds. The topological polar surface area (TPSA) is 186 Å². The molecular formula is C49H58ClN9O7S. The number of rotatable bonds is 13. The van der Waals surface area contributed by atoms with Gasteiger partial charge in [0.05, 0.1) is 44.9 Å². The minimum Gasteiger partial charge on any atom is -0.489 e. The molecule has 18 heteroatoms. The fraction of sp³-hybridized carbons (Fsp3) is 0.469. The number of nitrogens with one attached hydrogen (secondary N) is 3. The number of hydrogen-bond acceptors (Lipinski definition) is 14. The molecule has 0 radical (unpaired) electrons. The largest absolute Gasteiger partial charge is 0.489 e. The second-order valence-electron chi connectivity index (χ2n) is 18.9. The molecule has 0 aliphatic carbocycles. The predicted octanol–water partition coefficient (Wildman–Crippen LogP) is 6.83. The van der Waals surface area contributed by atoms with E-state index in [0.717, 1.165) is 86.8 Å². The molecule has 5 aliphatic heterocycles. The lowest BCUT2D eigenvalue weighted by Crippen LogP contribution is -2.64. The van der Waals surface area contributed by atoms with Gasteiger partial charge in [-0.2, -0.15) is 4.98 Å². The van der Waals surface area contributed by atoms with Crippen LogP contribution in [-0.2, 0) is 19.4 Å². The average Bonchev–Trinajstić information content (AvgIpc) is 3.53. The van der Waals surface area contributed by atoms with Crippen LogP contribution in [0.5, 0.6) is 5.75 Å². The smallest absolute Gasteiger partial charge is 0.262 e. The molecule has 354 valence electrons. The van der Waals surface area contributed by atoms with E-state index in [4.69, 9.17) is 16.3 Å². The van der Waals surface area contributed by atoms with Crippen molar-refractivity contribution in [3.63, 3.8) is 0 Å². The number of para-hydroxylation sites is 1. The van der Waals surface area contributed by atoms with Crippen LogP contribution in [0.15, 0.2) is 65.7 Å². The number of fused-ring (bicyclic) bond motifs is 1. The highest BCUT2D eigenvalue weighted by molar-refractivity contribution is 7.92. The van der Waals surface area contributed by atoms with Gasteiger partial charge in [-0.05, 0) is 139 Å². The van der Waals surface area contributed by atoms with Crippen LogP contribution in [0, 0.1) is 6.92 Å². The van der Waals surface area contributed by atoms with Gasteiger partial charge in [-0.15, -0.1) is 0 Å². The van der Waals surface area contributed by atoms with Crippen LogP contribution in [0.3, 0.4) is 0 Å². The zero-order chi connectivity index (χ0) is 47.3. The second kappa shape index (κ2) is 18.8. The number of anilines is 5. The van der Waals surface area contributed by atoms with E-state index in [1.54, 1.807) is 50.2 Å². The number of imide groups is 2. The summed E-state index contributed by atoms with van der Waals surface area (Å²) >= 11 is 6.54. The number of carbonyl (C=O) groups is 4. The van der Waals surface area contributed by atoms with Gasteiger partial charge in [-0.3, -0.25) is 39.2 Å². The molecule has 9 rings (SSSR count). The zero-order valence-corrected chi connectivity index (χ0v) is 40.1. The molecule has 1 unspecified atom stereocenters. The van der Waals surface area contributed by atoms with E-state index in [1.807, 2.05) is 19.9 Å². The number of amides is 4. The molecule has 4 aromatic rings. The zero-order valence-electron chi connectivity index (χ0n) is 38.6. The van der Waals surface area contributed by atoms with Crippen LogP contribution < -0.4 is 25.6 Å². The van der Waals surface area contributed by atoms with Gasteiger partial charge in [0.15, 0.2) is 15.7 Å².